The van der Waals surface area contributed by atoms with Crippen LogP contribution < -0.4 is 0 Å². The Morgan fingerprint density at radius 1 is 0.967 bits per heavy atom. The van der Waals surface area contributed by atoms with Crippen molar-refractivity contribution < 1.29 is 9.59 Å². The van der Waals surface area contributed by atoms with E-state index in [0.29, 0.717) is 38.6 Å². The van der Waals surface area contributed by atoms with E-state index in [4.69, 9.17) is 0 Å². The Bertz CT molecular complexity index is 943. The third kappa shape index (κ3) is 3.79. The Morgan fingerprint density at radius 3 is 2.43 bits per heavy atom. The fourth-order valence-electron chi connectivity index (χ4n) is 4.83. The van der Waals surface area contributed by atoms with E-state index in [2.05, 4.69) is 47.5 Å². The van der Waals surface area contributed by atoms with E-state index in [1.165, 1.54) is 21.6 Å². The van der Waals surface area contributed by atoms with Crippen molar-refractivity contribution in [1.82, 2.24) is 14.7 Å². The first-order valence-electron chi connectivity index (χ1n) is 11.0. The van der Waals surface area contributed by atoms with E-state index in [1.807, 2.05) is 21.1 Å². The number of nitrogens with zero attached hydrogens (tertiary/aromatic N) is 3. The first-order valence-corrected chi connectivity index (χ1v) is 11.9. The van der Waals surface area contributed by atoms with Gasteiger partial charge in [-0.05, 0) is 54.3 Å². The number of amides is 2. The monoisotopic (exact) mass is 423 g/mol. The molecule has 6 heteroatoms. The minimum absolute atomic E-state index is 0.142. The molecule has 3 heterocycles. The molecule has 0 bridgehead atoms. The number of hydrogen-bond acceptors (Lipinski definition) is 4. The zero-order valence-electron chi connectivity index (χ0n) is 17.5. The Kier molecular flexibility index (Phi) is 5.37. The summed E-state index contributed by atoms with van der Waals surface area (Å²) in [5.74, 6) is 0.740. The highest BCUT2D eigenvalue weighted by Gasteiger charge is 2.36. The molecule has 1 atom stereocenters. The van der Waals surface area contributed by atoms with Crippen LogP contribution in [0.3, 0.4) is 0 Å². The fourth-order valence-corrected chi connectivity index (χ4v) is 5.74. The number of rotatable bonds is 4. The molecular weight excluding hydrogens is 394 g/mol. The Balaban J connectivity index is 1.29. The summed E-state index contributed by atoms with van der Waals surface area (Å²) in [7, 11) is 0. The van der Waals surface area contributed by atoms with Gasteiger partial charge in [0.25, 0.3) is 0 Å². The maximum absolute atomic E-state index is 13.2. The molecule has 30 heavy (non-hydrogen) atoms. The van der Waals surface area contributed by atoms with Crippen LogP contribution in [0.25, 0.3) is 0 Å². The number of benzene rings is 1. The molecule has 2 fully saturated rings. The van der Waals surface area contributed by atoms with Gasteiger partial charge in [0.2, 0.25) is 11.8 Å². The predicted octanol–water partition coefficient (Wildman–Crippen LogP) is 3.08. The van der Waals surface area contributed by atoms with Crippen LogP contribution in [0.2, 0.25) is 0 Å². The Labute approximate surface area is 182 Å². The molecule has 1 aliphatic carbocycles. The van der Waals surface area contributed by atoms with E-state index < -0.39 is 0 Å². The SMILES string of the molecule is Cc1ccccc1C1c2ccsc2CCN1CC(=O)N1CCN(C(=O)C2CC2)CC1. The van der Waals surface area contributed by atoms with Crippen LogP contribution in [0.4, 0.5) is 0 Å². The lowest BCUT2D eigenvalue weighted by Gasteiger charge is -2.39. The van der Waals surface area contributed by atoms with E-state index in [0.717, 1.165) is 25.8 Å². The maximum Gasteiger partial charge on any atom is 0.236 e. The van der Waals surface area contributed by atoms with E-state index in [1.54, 1.807) is 0 Å². The summed E-state index contributed by atoms with van der Waals surface area (Å²) in [4.78, 5) is 33.2. The van der Waals surface area contributed by atoms with Crippen LogP contribution in [0, 0.1) is 12.8 Å². The van der Waals surface area contributed by atoms with Crippen LogP contribution in [0.5, 0.6) is 0 Å². The van der Waals surface area contributed by atoms with Crippen molar-refractivity contribution in [1.29, 1.82) is 0 Å². The van der Waals surface area contributed by atoms with Crippen LogP contribution >= 0.6 is 11.3 Å². The number of thiophene rings is 1. The highest BCUT2D eigenvalue weighted by Crippen LogP contribution is 2.38. The summed E-state index contributed by atoms with van der Waals surface area (Å²) >= 11 is 1.83. The van der Waals surface area contributed by atoms with Crippen molar-refractivity contribution in [2.24, 2.45) is 5.92 Å². The number of carbonyl (C=O) groups excluding carboxylic acids is 2. The van der Waals surface area contributed by atoms with Crippen molar-refractivity contribution >= 4 is 23.2 Å². The first kappa shape index (κ1) is 19.8. The van der Waals surface area contributed by atoms with Gasteiger partial charge in [-0.1, -0.05) is 24.3 Å². The van der Waals surface area contributed by atoms with Crippen molar-refractivity contribution in [2.75, 3.05) is 39.3 Å². The molecule has 2 amide bonds. The van der Waals surface area contributed by atoms with E-state index in [-0.39, 0.29) is 17.9 Å². The summed E-state index contributed by atoms with van der Waals surface area (Å²) < 4.78 is 0. The van der Waals surface area contributed by atoms with Crippen LogP contribution in [0.15, 0.2) is 35.7 Å². The number of hydrogen-bond donors (Lipinski definition) is 0. The molecule has 1 aromatic heterocycles. The second kappa shape index (κ2) is 8.16. The standard InChI is InChI=1S/C24H29N3O2S/c1-17-4-2-3-5-19(17)23-20-9-15-30-21(20)8-10-27(23)16-22(28)25-11-13-26(14-12-25)24(29)18-6-7-18/h2-5,9,15,18,23H,6-8,10-14,16H2,1H3. The smallest absolute Gasteiger partial charge is 0.236 e. The van der Waals surface area contributed by atoms with Gasteiger partial charge in [0, 0.05) is 43.5 Å². The van der Waals surface area contributed by atoms with Crippen molar-refractivity contribution in [2.45, 2.75) is 32.2 Å². The summed E-state index contributed by atoms with van der Waals surface area (Å²) in [5.41, 5.74) is 3.92. The predicted molar refractivity (Wildman–Crippen MR) is 119 cm³/mol. The minimum atomic E-state index is 0.142. The molecule has 5 rings (SSSR count). The lowest BCUT2D eigenvalue weighted by Crippen LogP contribution is -2.53. The van der Waals surface area contributed by atoms with Gasteiger partial charge in [0.15, 0.2) is 0 Å². The van der Waals surface area contributed by atoms with Crippen molar-refractivity contribution in [3.8, 4) is 0 Å². The topological polar surface area (TPSA) is 43.9 Å². The highest BCUT2D eigenvalue weighted by molar-refractivity contribution is 7.10. The van der Waals surface area contributed by atoms with Crippen molar-refractivity contribution in [3.05, 3.63) is 57.3 Å². The molecule has 1 unspecified atom stereocenters. The zero-order valence-corrected chi connectivity index (χ0v) is 18.4. The zero-order chi connectivity index (χ0) is 20.7. The molecule has 158 valence electrons. The largest absolute Gasteiger partial charge is 0.339 e. The third-order valence-electron chi connectivity index (χ3n) is 6.76. The highest BCUT2D eigenvalue weighted by atomic mass is 32.1. The normalized spacial score (nSPS) is 22.1. The van der Waals surface area contributed by atoms with Gasteiger partial charge in [-0.25, -0.2) is 0 Å². The van der Waals surface area contributed by atoms with Gasteiger partial charge in [0.1, 0.15) is 0 Å². The summed E-state index contributed by atoms with van der Waals surface area (Å²) in [6.45, 7) is 6.16. The second-order valence-electron chi connectivity index (χ2n) is 8.76. The molecule has 5 nitrogen and oxygen atoms in total. The Hall–Kier alpha value is -2.18. The average Bonchev–Trinajstić information content (AvgIpc) is 3.51. The first-order chi connectivity index (χ1) is 14.6. The number of piperazine rings is 1. The second-order valence-corrected chi connectivity index (χ2v) is 9.76. The molecule has 1 aromatic carbocycles. The quantitative estimate of drug-likeness (QED) is 0.759. The molecule has 0 spiro atoms. The number of aryl methyl sites for hydroxylation is 1. The molecule has 0 N–H and O–H groups in total. The summed E-state index contributed by atoms with van der Waals surface area (Å²) in [5, 5.41) is 2.18. The maximum atomic E-state index is 13.2. The molecule has 2 aliphatic heterocycles. The van der Waals surface area contributed by atoms with Gasteiger partial charge in [-0.2, -0.15) is 0 Å². The number of fused-ring (bicyclic) bond motifs is 1. The molecule has 1 saturated carbocycles. The average molecular weight is 424 g/mol. The van der Waals surface area contributed by atoms with E-state index >= 15 is 0 Å². The van der Waals surface area contributed by atoms with Gasteiger partial charge in [0.05, 0.1) is 12.6 Å². The number of carbonyl (C=O) groups is 2. The lowest BCUT2D eigenvalue weighted by molar-refractivity contribution is -0.141. The van der Waals surface area contributed by atoms with E-state index in [9.17, 15) is 9.59 Å². The molecule has 3 aliphatic rings. The van der Waals surface area contributed by atoms with Crippen LogP contribution in [0.1, 0.15) is 40.5 Å². The van der Waals surface area contributed by atoms with Crippen LogP contribution in [-0.4, -0.2) is 65.8 Å². The third-order valence-corrected chi connectivity index (χ3v) is 7.75. The molecule has 0 radical (unpaired) electrons. The summed E-state index contributed by atoms with van der Waals surface area (Å²) in [6.07, 6.45) is 3.09. The van der Waals surface area contributed by atoms with Crippen molar-refractivity contribution in [3.63, 3.8) is 0 Å². The molecule has 2 aromatic rings. The minimum Gasteiger partial charge on any atom is -0.339 e. The Morgan fingerprint density at radius 2 is 1.70 bits per heavy atom. The van der Waals surface area contributed by atoms with Crippen LogP contribution in [-0.2, 0) is 16.0 Å². The molecular formula is C24H29N3O2S. The van der Waals surface area contributed by atoms with Gasteiger partial charge >= 0.3 is 0 Å². The summed E-state index contributed by atoms with van der Waals surface area (Å²) in [6, 6.07) is 10.9. The lowest BCUT2D eigenvalue weighted by atomic mass is 9.90. The van der Waals surface area contributed by atoms with Gasteiger partial charge < -0.3 is 9.80 Å². The van der Waals surface area contributed by atoms with Gasteiger partial charge in [-0.15, -0.1) is 11.3 Å². The molecule has 1 saturated heterocycles. The van der Waals surface area contributed by atoms with Gasteiger partial charge in [-0.3, -0.25) is 14.5 Å². The fraction of sp³-hybridized carbons (Fsp3) is 0.500.